The van der Waals surface area contributed by atoms with Crippen molar-refractivity contribution in [1.82, 2.24) is 5.32 Å². The van der Waals surface area contributed by atoms with Gasteiger partial charge in [-0.05, 0) is 23.6 Å². The lowest BCUT2D eigenvalue weighted by atomic mass is 9.86. The molecule has 1 aromatic carbocycles. The maximum Gasteiger partial charge on any atom is 0.328 e. The molecular formula is C12H14N4O2S. The first kappa shape index (κ1) is 13.7. The molecular weight excluding hydrogens is 264 g/mol. The van der Waals surface area contributed by atoms with Crippen LogP contribution in [-0.4, -0.2) is 29.9 Å². The summed E-state index contributed by atoms with van der Waals surface area (Å²) in [6.07, 6.45) is 0.514. The summed E-state index contributed by atoms with van der Waals surface area (Å²) in [5.74, 6) is -0.140. The van der Waals surface area contributed by atoms with Crippen molar-refractivity contribution in [3.8, 4) is 0 Å². The van der Waals surface area contributed by atoms with Crippen LogP contribution >= 0.6 is 11.8 Å². The Morgan fingerprint density at radius 1 is 1.58 bits per heavy atom. The average Bonchev–Trinajstić information content (AvgIpc) is 2.43. The first-order valence-corrected chi connectivity index (χ1v) is 6.91. The fourth-order valence-corrected chi connectivity index (χ4v) is 3.44. The molecule has 2 rings (SSSR count). The molecule has 6 nitrogen and oxygen atoms in total. The highest BCUT2D eigenvalue weighted by atomic mass is 32.2. The van der Waals surface area contributed by atoms with Gasteiger partial charge in [-0.15, -0.1) is 11.8 Å². The van der Waals surface area contributed by atoms with Gasteiger partial charge in [0.05, 0.1) is 0 Å². The van der Waals surface area contributed by atoms with Crippen LogP contribution in [-0.2, 0) is 10.3 Å². The molecule has 0 amide bonds. The van der Waals surface area contributed by atoms with Gasteiger partial charge in [0.2, 0.25) is 0 Å². The van der Waals surface area contributed by atoms with Crippen LogP contribution in [0, 0.1) is 0 Å². The van der Waals surface area contributed by atoms with Gasteiger partial charge in [0.25, 0.3) is 0 Å². The van der Waals surface area contributed by atoms with Crippen molar-refractivity contribution in [2.45, 2.75) is 16.9 Å². The highest BCUT2D eigenvalue weighted by molar-refractivity contribution is 7.99. The van der Waals surface area contributed by atoms with Gasteiger partial charge >= 0.3 is 5.97 Å². The molecule has 1 atom stereocenters. The number of rotatable bonds is 5. The fraction of sp³-hybridized carbons (Fsp3) is 0.417. The molecule has 0 fully saturated rings. The number of carboxylic acid groups (broad SMARTS) is 1. The SMILES string of the molecule is [N-]=[N+]=NCCNC1(C(=O)O)CCSc2ccccc21. The number of fused-ring (bicyclic) bond motifs is 1. The molecule has 0 aliphatic carbocycles. The minimum atomic E-state index is -1.08. The van der Waals surface area contributed by atoms with Crippen LogP contribution in [0.25, 0.3) is 10.4 Å². The highest BCUT2D eigenvalue weighted by Crippen LogP contribution is 2.40. The third kappa shape index (κ3) is 2.68. The van der Waals surface area contributed by atoms with Gasteiger partial charge < -0.3 is 5.11 Å². The van der Waals surface area contributed by atoms with E-state index >= 15 is 0 Å². The zero-order valence-corrected chi connectivity index (χ0v) is 11.1. The Bertz CT molecular complexity index is 530. The molecule has 1 unspecified atom stereocenters. The molecule has 0 bridgehead atoms. The molecule has 0 radical (unpaired) electrons. The number of benzene rings is 1. The van der Waals surface area contributed by atoms with Crippen molar-refractivity contribution in [2.75, 3.05) is 18.8 Å². The number of nitrogens with zero attached hydrogens (tertiary/aromatic N) is 3. The van der Waals surface area contributed by atoms with E-state index < -0.39 is 11.5 Å². The molecule has 7 heteroatoms. The summed E-state index contributed by atoms with van der Waals surface area (Å²) in [4.78, 5) is 15.4. The van der Waals surface area contributed by atoms with E-state index in [1.54, 1.807) is 11.8 Å². The molecule has 1 aromatic rings. The lowest BCUT2D eigenvalue weighted by Gasteiger charge is -2.35. The van der Waals surface area contributed by atoms with Gasteiger partial charge in [-0.25, -0.2) is 4.79 Å². The van der Waals surface area contributed by atoms with Gasteiger partial charge in [-0.3, -0.25) is 5.32 Å². The van der Waals surface area contributed by atoms with E-state index in [2.05, 4.69) is 15.3 Å². The maximum atomic E-state index is 11.7. The Kier molecular flexibility index (Phi) is 4.31. The normalized spacial score (nSPS) is 21.3. The van der Waals surface area contributed by atoms with Gasteiger partial charge in [0.1, 0.15) is 5.54 Å². The summed E-state index contributed by atoms with van der Waals surface area (Å²) < 4.78 is 0. The van der Waals surface area contributed by atoms with Crippen LogP contribution in [0.4, 0.5) is 0 Å². The molecule has 0 aromatic heterocycles. The zero-order chi connectivity index (χ0) is 13.7. The van der Waals surface area contributed by atoms with Crippen molar-refractivity contribution >= 4 is 17.7 Å². The topological polar surface area (TPSA) is 98.1 Å². The van der Waals surface area contributed by atoms with Crippen molar-refractivity contribution in [3.63, 3.8) is 0 Å². The predicted molar refractivity (Wildman–Crippen MR) is 73.1 cm³/mol. The Labute approximate surface area is 114 Å². The third-order valence-electron chi connectivity index (χ3n) is 3.15. The van der Waals surface area contributed by atoms with Crippen LogP contribution < -0.4 is 5.32 Å². The second-order valence-electron chi connectivity index (χ2n) is 4.19. The third-order valence-corrected chi connectivity index (χ3v) is 4.22. The fourth-order valence-electron chi connectivity index (χ4n) is 2.24. The average molecular weight is 278 g/mol. The van der Waals surface area contributed by atoms with E-state index in [4.69, 9.17) is 5.53 Å². The number of thioether (sulfide) groups is 1. The van der Waals surface area contributed by atoms with Crippen LogP contribution in [0.15, 0.2) is 34.3 Å². The smallest absolute Gasteiger partial charge is 0.328 e. The van der Waals surface area contributed by atoms with Crippen molar-refractivity contribution in [1.29, 1.82) is 0 Å². The second-order valence-corrected chi connectivity index (χ2v) is 5.32. The summed E-state index contributed by atoms with van der Waals surface area (Å²) >= 11 is 1.67. The molecule has 0 spiro atoms. The second kappa shape index (κ2) is 5.97. The summed E-state index contributed by atoms with van der Waals surface area (Å²) in [6, 6.07) is 7.53. The predicted octanol–water partition coefficient (Wildman–Crippen LogP) is 2.36. The highest BCUT2D eigenvalue weighted by Gasteiger charge is 2.43. The summed E-state index contributed by atoms with van der Waals surface area (Å²) in [5.41, 5.74) is 7.96. The zero-order valence-electron chi connectivity index (χ0n) is 10.2. The first-order valence-electron chi connectivity index (χ1n) is 5.92. The van der Waals surface area contributed by atoms with Crippen LogP contribution in [0.3, 0.4) is 0 Å². The summed E-state index contributed by atoms with van der Waals surface area (Å²) in [6.45, 7) is 0.580. The number of hydrogen-bond acceptors (Lipinski definition) is 4. The molecule has 1 aliphatic rings. The van der Waals surface area contributed by atoms with E-state index in [1.165, 1.54) is 0 Å². The van der Waals surface area contributed by atoms with E-state index in [-0.39, 0.29) is 6.54 Å². The van der Waals surface area contributed by atoms with Crippen LogP contribution in [0.5, 0.6) is 0 Å². The van der Waals surface area contributed by atoms with Gasteiger partial charge in [-0.1, -0.05) is 23.3 Å². The number of carboxylic acids is 1. The monoisotopic (exact) mass is 278 g/mol. The van der Waals surface area contributed by atoms with E-state index in [9.17, 15) is 9.90 Å². The summed E-state index contributed by atoms with van der Waals surface area (Å²) in [5, 5.41) is 16.1. The Morgan fingerprint density at radius 2 is 2.37 bits per heavy atom. The van der Waals surface area contributed by atoms with Crippen LogP contribution in [0.1, 0.15) is 12.0 Å². The Hall–Kier alpha value is -1.69. The molecule has 1 aliphatic heterocycles. The minimum Gasteiger partial charge on any atom is -0.480 e. The number of aliphatic carboxylic acids is 1. The molecule has 0 saturated carbocycles. The standard InChI is InChI=1S/C12H14N4O2S/c13-16-15-7-6-14-12(11(17)18)5-8-19-10-4-2-1-3-9(10)12/h1-4,14H,5-8H2,(H,17,18). The van der Waals surface area contributed by atoms with E-state index in [0.29, 0.717) is 13.0 Å². The van der Waals surface area contributed by atoms with Gasteiger partial charge in [-0.2, -0.15) is 0 Å². The molecule has 100 valence electrons. The van der Waals surface area contributed by atoms with Gasteiger partial charge in [0, 0.05) is 28.6 Å². The van der Waals surface area contributed by atoms with Crippen molar-refractivity contribution in [2.24, 2.45) is 5.11 Å². The quantitative estimate of drug-likeness (QED) is 0.374. The summed E-state index contributed by atoms with van der Waals surface area (Å²) in [7, 11) is 0. The minimum absolute atomic E-state index is 0.237. The first-order chi connectivity index (χ1) is 9.20. The molecule has 1 heterocycles. The molecule has 0 saturated heterocycles. The molecule has 19 heavy (non-hydrogen) atoms. The number of hydrogen-bond donors (Lipinski definition) is 2. The molecule has 2 N–H and O–H groups in total. The lowest BCUT2D eigenvalue weighted by Crippen LogP contribution is -2.52. The van der Waals surface area contributed by atoms with E-state index in [1.807, 2.05) is 24.3 Å². The number of azide groups is 1. The lowest BCUT2D eigenvalue weighted by molar-refractivity contribution is -0.145. The van der Waals surface area contributed by atoms with Crippen molar-refractivity contribution in [3.05, 3.63) is 40.3 Å². The maximum absolute atomic E-state index is 11.7. The Balaban J connectivity index is 2.30. The number of nitrogens with one attached hydrogen (secondary N) is 1. The van der Waals surface area contributed by atoms with Crippen molar-refractivity contribution < 1.29 is 9.90 Å². The Morgan fingerprint density at radius 3 is 3.11 bits per heavy atom. The number of carbonyl (C=O) groups is 1. The van der Waals surface area contributed by atoms with Gasteiger partial charge in [0.15, 0.2) is 0 Å². The van der Waals surface area contributed by atoms with Crippen LogP contribution in [0.2, 0.25) is 0 Å². The largest absolute Gasteiger partial charge is 0.480 e. The van der Waals surface area contributed by atoms with E-state index in [0.717, 1.165) is 16.2 Å².